The van der Waals surface area contributed by atoms with Gasteiger partial charge in [-0.15, -0.1) is 0 Å². The largest absolute Gasteiger partial charge is 0.491 e. The minimum absolute atomic E-state index is 0.00579. The molecule has 0 N–H and O–H groups in total. The molecule has 0 saturated carbocycles. The molecule has 0 bridgehead atoms. The molecule has 0 unspecified atom stereocenters. The van der Waals surface area contributed by atoms with Crippen molar-refractivity contribution in [1.29, 1.82) is 0 Å². The van der Waals surface area contributed by atoms with Crippen LogP contribution in [0.4, 0.5) is 0 Å². The van der Waals surface area contributed by atoms with Gasteiger partial charge in [-0.2, -0.15) is 0 Å². The van der Waals surface area contributed by atoms with E-state index >= 15 is 0 Å². The fourth-order valence-corrected chi connectivity index (χ4v) is 3.76. The number of rotatable bonds is 6. The molecule has 0 aromatic heterocycles. The van der Waals surface area contributed by atoms with E-state index in [1.165, 1.54) is 5.56 Å². The van der Waals surface area contributed by atoms with Crippen LogP contribution in [0.1, 0.15) is 36.9 Å². The third kappa shape index (κ3) is 4.45. The van der Waals surface area contributed by atoms with Crippen LogP contribution in [0, 0.1) is 0 Å². The predicted molar refractivity (Wildman–Crippen MR) is 108 cm³/mol. The highest BCUT2D eigenvalue weighted by Crippen LogP contribution is 2.37. The van der Waals surface area contributed by atoms with Crippen molar-refractivity contribution >= 4 is 23.6 Å². The number of halogens is 1. The fourth-order valence-electron chi connectivity index (χ4n) is 3.46. The molecule has 4 nitrogen and oxygen atoms in total. The zero-order valence-corrected chi connectivity index (χ0v) is 16.4. The lowest BCUT2D eigenvalue weighted by molar-refractivity contribution is -0.126. The average molecular weight is 386 g/mol. The molecule has 0 radical (unpaired) electrons. The van der Waals surface area contributed by atoms with Gasteiger partial charge in [-0.25, -0.2) is 0 Å². The van der Waals surface area contributed by atoms with Crippen molar-refractivity contribution in [2.45, 2.75) is 25.8 Å². The average Bonchev–Trinajstić information content (AvgIpc) is 3.17. The number of carbonyl (C=O) groups is 1. The molecule has 2 aromatic carbocycles. The number of hydrogen-bond acceptors (Lipinski definition) is 3. The van der Waals surface area contributed by atoms with Gasteiger partial charge in [0.2, 0.25) is 5.91 Å². The van der Waals surface area contributed by atoms with Gasteiger partial charge in [0.1, 0.15) is 0 Å². The number of methoxy groups -OCH3 is 1. The molecule has 1 amide bonds. The topological polar surface area (TPSA) is 38.8 Å². The number of benzene rings is 2. The summed E-state index contributed by atoms with van der Waals surface area (Å²) < 4.78 is 10.9. The summed E-state index contributed by atoms with van der Waals surface area (Å²) in [6, 6.07) is 13.9. The van der Waals surface area contributed by atoms with Crippen molar-refractivity contribution in [3.8, 4) is 11.5 Å². The van der Waals surface area contributed by atoms with E-state index in [2.05, 4.69) is 12.1 Å². The van der Waals surface area contributed by atoms with Gasteiger partial charge in [0, 0.05) is 12.6 Å². The summed E-state index contributed by atoms with van der Waals surface area (Å²) in [4.78, 5) is 14.7. The summed E-state index contributed by atoms with van der Waals surface area (Å²) in [6.07, 6.45) is 5.39. The third-order valence-corrected chi connectivity index (χ3v) is 4.96. The Bertz CT molecular complexity index is 820. The van der Waals surface area contributed by atoms with E-state index in [4.69, 9.17) is 21.1 Å². The molecule has 1 aliphatic heterocycles. The molecule has 1 heterocycles. The van der Waals surface area contributed by atoms with Crippen LogP contribution >= 0.6 is 11.6 Å². The van der Waals surface area contributed by atoms with Gasteiger partial charge in [-0.1, -0.05) is 41.9 Å². The monoisotopic (exact) mass is 385 g/mol. The highest BCUT2D eigenvalue weighted by molar-refractivity contribution is 6.32. The zero-order valence-electron chi connectivity index (χ0n) is 15.7. The number of amides is 1. The molecule has 2 aromatic rings. The van der Waals surface area contributed by atoms with E-state index in [1.807, 2.05) is 36.1 Å². The minimum atomic E-state index is 0.00579. The summed E-state index contributed by atoms with van der Waals surface area (Å²) in [5, 5.41) is 0.457. The number of ether oxygens (including phenoxy) is 2. The molecule has 1 fully saturated rings. The smallest absolute Gasteiger partial charge is 0.247 e. The molecule has 1 atom stereocenters. The van der Waals surface area contributed by atoms with Gasteiger partial charge >= 0.3 is 0 Å². The second-order valence-electron chi connectivity index (χ2n) is 6.40. The molecule has 1 saturated heterocycles. The maximum absolute atomic E-state index is 12.8. The van der Waals surface area contributed by atoms with E-state index in [-0.39, 0.29) is 11.9 Å². The Hall–Kier alpha value is -2.46. The van der Waals surface area contributed by atoms with Gasteiger partial charge in [-0.3, -0.25) is 4.79 Å². The summed E-state index contributed by atoms with van der Waals surface area (Å²) in [6.45, 7) is 3.18. The summed E-state index contributed by atoms with van der Waals surface area (Å²) in [7, 11) is 1.56. The van der Waals surface area contributed by atoms with Crippen molar-refractivity contribution in [2.24, 2.45) is 0 Å². The Morgan fingerprint density at radius 3 is 2.78 bits per heavy atom. The second-order valence-corrected chi connectivity index (χ2v) is 6.81. The maximum Gasteiger partial charge on any atom is 0.247 e. The first-order chi connectivity index (χ1) is 13.1. The summed E-state index contributed by atoms with van der Waals surface area (Å²) in [5.41, 5.74) is 1.98. The van der Waals surface area contributed by atoms with Gasteiger partial charge in [0.25, 0.3) is 0 Å². The Kier molecular flexibility index (Phi) is 6.40. The summed E-state index contributed by atoms with van der Waals surface area (Å²) >= 11 is 6.28. The SMILES string of the molecule is CCOc1cc(/C=C/C(=O)N2CCC[C@@H]2c2ccccc2)cc(Cl)c1OC. The van der Waals surface area contributed by atoms with E-state index in [9.17, 15) is 4.79 Å². The Morgan fingerprint density at radius 1 is 1.30 bits per heavy atom. The third-order valence-electron chi connectivity index (χ3n) is 4.67. The second kappa shape index (κ2) is 8.96. The first kappa shape index (κ1) is 19.3. The van der Waals surface area contributed by atoms with Crippen molar-refractivity contribution in [1.82, 2.24) is 4.90 Å². The molecule has 1 aliphatic rings. The van der Waals surface area contributed by atoms with Crippen molar-refractivity contribution in [3.05, 3.63) is 64.7 Å². The quantitative estimate of drug-likeness (QED) is 0.647. The van der Waals surface area contributed by atoms with Crippen LogP contribution in [-0.2, 0) is 4.79 Å². The number of carbonyl (C=O) groups excluding carboxylic acids is 1. The number of hydrogen-bond donors (Lipinski definition) is 0. The van der Waals surface area contributed by atoms with Crippen LogP contribution in [-0.4, -0.2) is 31.1 Å². The standard InChI is InChI=1S/C22H24ClNO3/c1-3-27-20-15-16(14-18(23)22(20)26-2)11-12-21(25)24-13-7-10-19(24)17-8-5-4-6-9-17/h4-6,8-9,11-12,14-15,19H,3,7,10,13H2,1-2H3/b12-11+/t19-/m1/s1. The molecule has 27 heavy (non-hydrogen) atoms. The first-order valence-electron chi connectivity index (χ1n) is 9.18. The first-order valence-corrected chi connectivity index (χ1v) is 9.55. The lowest BCUT2D eigenvalue weighted by atomic mass is 10.0. The van der Waals surface area contributed by atoms with Crippen LogP contribution < -0.4 is 9.47 Å². The Labute approximate surface area is 165 Å². The van der Waals surface area contributed by atoms with E-state index in [1.54, 1.807) is 25.3 Å². The molecule has 3 rings (SSSR count). The van der Waals surface area contributed by atoms with Crippen LogP contribution in [0.3, 0.4) is 0 Å². The van der Waals surface area contributed by atoms with Gasteiger partial charge in [0.05, 0.1) is 24.8 Å². The minimum Gasteiger partial charge on any atom is -0.491 e. The normalized spacial score (nSPS) is 16.7. The van der Waals surface area contributed by atoms with Gasteiger partial charge in [-0.05, 0) is 49.1 Å². The Balaban J connectivity index is 1.78. The highest BCUT2D eigenvalue weighted by Gasteiger charge is 2.28. The van der Waals surface area contributed by atoms with Crippen molar-refractivity contribution in [2.75, 3.05) is 20.3 Å². The van der Waals surface area contributed by atoms with E-state index < -0.39 is 0 Å². The van der Waals surface area contributed by atoms with Gasteiger partial charge in [0.15, 0.2) is 11.5 Å². The highest BCUT2D eigenvalue weighted by atomic mass is 35.5. The number of nitrogens with zero attached hydrogens (tertiary/aromatic N) is 1. The Morgan fingerprint density at radius 2 is 2.07 bits per heavy atom. The predicted octanol–water partition coefficient (Wildman–Crippen LogP) is 5.12. The molecular formula is C22H24ClNO3. The van der Waals surface area contributed by atoms with Gasteiger partial charge < -0.3 is 14.4 Å². The molecule has 0 spiro atoms. The zero-order chi connectivity index (χ0) is 19.2. The summed E-state index contributed by atoms with van der Waals surface area (Å²) in [5.74, 6) is 1.08. The van der Waals surface area contributed by atoms with Crippen molar-refractivity contribution in [3.63, 3.8) is 0 Å². The lowest BCUT2D eigenvalue weighted by Crippen LogP contribution is -2.28. The van der Waals surface area contributed by atoms with Crippen LogP contribution in [0.25, 0.3) is 6.08 Å². The van der Waals surface area contributed by atoms with E-state index in [0.717, 1.165) is 24.9 Å². The lowest BCUT2D eigenvalue weighted by Gasteiger charge is -2.23. The molecular weight excluding hydrogens is 362 g/mol. The molecule has 5 heteroatoms. The maximum atomic E-state index is 12.8. The van der Waals surface area contributed by atoms with E-state index in [0.29, 0.717) is 23.1 Å². The van der Waals surface area contributed by atoms with Crippen LogP contribution in [0.15, 0.2) is 48.5 Å². The molecule has 142 valence electrons. The van der Waals surface area contributed by atoms with Crippen molar-refractivity contribution < 1.29 is 14.3 Å². The van der Waals surface area contributed by atoms with Crippen LogP contribution in [0.2, 0.25) is 5.02 Å². The fraction of sp³-hybridized carbons (Fsp3) is 0.318. The van der Waals surface area contributed by atoms with Crippen LogP contribution in [0.5, 0.6) is 11.5 Å². The molecule has 0 aliphatic carbocycles. The number of likely N-dealkylation sites (tertiary alicyclic amines) is 1.